The van der Waals surface area contributed by atoms with Crippen molar-refractivity contribution in [3.63, 3.8) is 0 Å². The summed E-state index contributed by atoms with van der Waals surface area (Å²) in [5.74, 6) is 0. The van der Waals surface area contributed by atoms with E-state index in [1.54, 1.807) is 11.3 Å². The van der Waals surface area contributed by atoms with Crippen LogP contribution in [-0.2, 0) is 0 Å². The summed E-state index contributed by atoms with van der Waals surface area (Å²) in [6.07, 6.45) is 1.87. The SMILES string of the molecule is C=CCNC(C)c1sc(C)nc1C. The monoisotopic (exact) mass is 196 g/mol. The minimum Gasteiger partial charge on any atom is -0.306 e. The fourth-order valence-corrected chi connectivity index (χ4v) is 2.26. The molecule has 0 spiro atoms. The first-order chi connectivity index (χ1) is 6.15. The third kappa shape index (κ3) is 2.64. The second kappa shape index (κ2) is 4.53. The van der Waals surface area contributed by atoms with Crippen LogP contribution in [0, 0.1) is 13.8 Å². The molecule has 1 N–H and O–H groups in total. The van der Waals surface area contributed by atoms with Crippen LogP contribution >= 0.6 is 11.3 Å². The number of nitrogens with one attached hydrogen (secondary N) is 1. The average Bonchev–Trinajstić information content (AvgIpc) is 2.41. The molecule has 0 aliphatic rings. The Labute approximate surface area is 83.7 Å². The minimum atomic E-state index is 0.379. The van der Waals surface area contributed by atoms with Crippen LogP contribution in [0.5, 0.6) is 0 Å². The zero-order valence-corrected chi connectivity index (χ0v) is 9.24. The molecule has 0 saturated carbocycles. The zero-order chi connectivity index (χ0) is 9.84. The van der Waals surface area contributed by atoms with Gasteiger partial charge in [-0.05, 0) is 20.8 Å². The predicted molar refractivity (Wildman–Crippen MR) is 58.2 cm³/mol. The van der Waals surface area contributed by atoms with Gasteiger partial charge in [0.05, 0.1) is 10.7 Å². The lowest BCUT2D eigenvalue weighted by Gasteiger charge is -2.10. The van der Waals surface area contributed by atoms with Gasteiger partial charge in [0.25, 0.3) is 0 Å². The highest BCUT2D eigenvalue weighted by atomic mass is 32.1. The van der Waals surface area contributed by atoms with Gasteiger partial charge < -0.3 is 5.32 Å². The molecule has 72 valence electrons. The fraction of sp³-hybridized carbons (Fsp3) is 0.500. The largest absolute Gasteiger partial charge is 0.306 e. The second-order valence-corrected chi connectivity index (χ2v) is 4.34. The van der Waals surface area contributed by atoms with Gasteiger partial charge in [0.1, 0.15) is 0 Å². The van der Waals surface area contributed by atoms with Gasteiger partial charge in [0.15, 0.2) is 0 Å². The molecule has 0 aromatic carbocycles. The average molecular weight is 196 g/mol. The van der Waals surface area contributed by atoms with E-state index in [1.807, 2.05) is 13.0 Å². The third-order valence-corrected chi connectivity index (χ3v) is 3.16. The summed E-state index contributed by atoms with van der Waals surface area (Å²) in [4.78, 5) is 5.73. The van der Waals surface area contributed by atoms with E-state index in [9.17, 15) is 0 Å². The van der Waals surface area contributed by atoms with E-state index in [-0.39, 0.29) is 0 Å². The van der Waals surface area contributed by atoms with Crippen molar-refractivity contribution in [1.29, 1.82) is 0 Å². The predicted octanol–water partition coefficient (Wildman–Crippen LogP) is 2.60. The maximum Gasteiger partial charge on any atom is 0.0900 e. The Kier molecular flexibility index (Phi) is 3.63. The van der Waals surface area contributed by atoms with E-state index in [4.69, 9.17) is 0 Å². The van der Waals surface area contributed by atoms with Crippen molar-refractivity contribution in [2.45, 2.75) is 26.8 Å². The van der Waals surface area contributed by atoms with Crippen molar-refractivity contribution >= 4 is 11.3 Å². The Morgan fingerprint density at radius 2 is 2.31 bits per heavy atom. The lowest BCUT2D eigenvalue weighted by molar-refractivity contribution is 0.623. The highest BCUT2D eigenvalue weighted by molar-refractivity contribution is 7.11. The summed E-state index contributed by atoms with van der Waals surface area (Å²) in [6.45, 7) is 10.8. The van der Waals surface area contributed by atoms with Crippen LogP contribution in [-0.4, -0.2) is 11.5 Å². The number of hydrogen-bond donors (Lipinski definition) is 1. The van der Waals surface area contributed by atoms with Crippen molar-refractivity contribution in [2.24, 2.45) is 0 Å². The molecule has 2 nitrogen and oxygen atoms in total. The summed E-state index contributed by atoms with van der Waals surface area (Å²) in [5, 5.41) is 4.49. The first kappa shape index (κ1) is 10.4. The topological polar surface area (TPSA) is 24.9 Å². The number of aryl methyl sites for hydroxylation is 2. The normalized spacial score (nSPS) is 12.8. The number of aromatic nitrogens is 1. The Bertz CT molecular complexity index is 291. The van der Waals surface area contributed by atoms with E-state index < -0.39 is 0 Å². The van der Waals surface area contributed by atoms with Gasteiger partial charge >= 0.3 is 0 Å². The van der Waals surface area contributed by atoms with Gasteiger partial charge in [-0.1, -0.05) is 6.08 Å². The van der Waals surface area contributed by atoms with Crippen LogP contribution in [0.4, 0.5) is 0 Å². The number of hydrogen-bond acceptors (Lipinski definition) is 3. The molecule has 13 heavy (non-hydrogen) atoms. The summed E-state index contributed by atoms with van der Waals surface area (Å²) < 4.78 is 0. The van der Waals surface area contributed by atoms with Crippen molar-refractivity contribution in [1.82, 2.24) is 10.3 Å². The molecule has 0 aliphatic heterocycles. The van der Waals surface area contributed by atoms with Crippen LogP contribution in [0.1, 0.15) is 28.5 Å². The van der Waals surface area contributed by atoms with Gasteiger partial charge in [-0.15, -0.1) is 17.9 Å². The van der Waals surface area contributed by atoms with Crippen molar-refractivity contribution in [2.75, 3.05) is 6.54 Å². The Hall–Kier alpha value is -0.670. The first-order valence-electron chi connectivity index (χ1n) is 4.43. The molecule has 0 saturated heterocycles. The molecule has 1 aromatic heterocycles. The molecule has 3 heteroatoms. The zero-order valence-electron chi connectivity index (χ0n) is 8.42. The molecule has 1 rings (SSSR count). The van der Waals surface area contributed by atoms with Crippen LogP contribution in [0.2, 0.25) is 0 Å². The van der Waals surface area contributed by atoms with Gasteiger partial charge in [-0.3, -0.25) is 0 Å². The minimum absolute atomic E-state index is 0.379. The Morgan fingerprint density at radius 1 is 1.62 bits per heavy atom. The van der Waals surface area contributed by atoms with Crippen LogP contribution < -0.4 is 5.32 Å². The maximum atomic E-state index is 4.39. The summed E-state index contributed by atoms with van der Waals surface area (Å²) in [6, 6.07) is 0.379. The molecule has 1 unspecified atom stereocenters. The third-order valence-electron chi connectivity index (χ3n) is 1.90. The molecular weight excluding hydrogens is 180 g/mol. The van der Waals surface area contributed by atoms with E-state index in [1.165, 1.54) is 4.88 Å². The highest BCUT2D eigenvalue weighted by Gasteiger charge is 2.10. The molecule has 0 fully saturated rings. The summed E-state index contributed by atoms with van der Waals surface area (Å²) in [5.41, 5.74) is 1.14. The standard InChI is InChI=1S/C10H16N2S/c1-5-6-11-7(2)10-8(3)12-9(4)13-10/h5,7,11H,1,6H2,2-4H3. The molecule has 1 atom stereocenters. The smallest absolute Gasteiger partial charge is 0.0900 e. The number of thiazole rings is 1. The molecule has 1 aromatic rings. The first-order valence-corrected chi connectivity index (χ1v) is 5.25. The number of nitrogens with zero attached hydrogens (tertiary/aromatic N) is 1. The van der Waals surface area contributed by atoms with Gasteiger partial charge in [0.2, 0.25) is 0 Å². The second-order valence-electron chi connectivity index (χ2n) is 3.10. The molecule has 1 heterocycles. The van der Waals surface area contributed by atoms with E-state index in [0.717, 1.165) is 17.2 Å². The molecule has 0 amide bonds. The van der Waals surface area contributed by atoms with Crippen molar-refractivity contribution in [3.05, 3.63) is 28.2 Å². The van der Waals surface area contributed by atoms with Gasteiger partial charge in [-0.2, -0.15) is 0 Å². The van der Waals surface area contributed by atoms with Crippen LogP contribution in [0.15, 0.2) is 12.7 Å². The lowest BCUT2D eigenvalue weighted by atomic mass is 10.2. The van der Waals surface area contributed by atoms with E-state index in [2.05, 4.69) is 30.7 Å². The Balaban J connectivity index is 2.69. The molecule has 0 radical (unpaired) electrons. The molecule has 0 aliphatic carbocycles. The van der Waals surface area contributed by atoms with E-state index >= 15 is 0 Å². The summed E-state index contributed by atoms with van der Waals surface area (Å²) in [7, 11) is 0. The molecular formula is C10H16N2S. The van der Waals surface area contributed by atoms with Crippen molar-refractivity contribution < 1.29 is 0 Å². The maximum absolute atomic E-state index is 4.39. The van der Waals surface area contributed by atoms with Gasteiger partial charge in [0, 0.05) is 17.5 Å². The van der Waals surface area contributed by atoms with Crippen molar-refractivity contribution in [3.8, 4) is 0 Å². The highest BCUT2D eigenvalue weighted by Crippen LogP contribution is 2.23. The van der Waals surface area contributed by atoms with Gasteiger partial charge in [-0.25, -0.2) is 4.98 Å². The fourth-order valence-electron chi connectivity index (χ4n) is 1.30. The quantitative estimate of drug-likeness (QED) is 0.749. The van der Waals surface area contributed by atoms with Crippen LogP contribution in [0.25, 0.3) is 0 Å². The Morgan fingerprint density at radius 3 is 2.77 bits per heavy atom. The number of rotatable bonds is 4. The summed E-state index contributed by atoms with van der Waals surface area (Å²) >= 11 is 1.76. The van der Waals surface area contributed by atoms with Crippen LogP contribution in [0.3, 0.4) is 0 Å². The lowest BCUT2D eigenvalue weighted by Crippen LogP contribution is -2.17. The van der Waals surface area contributed by atoms with E-state index in [0.29, 0.717) is 6.04 Å². The molecule has 0 bridgehead atoms.